The van der Waals surface area contributed by atoms with Crippen LogP contribution >= 0.6 is 11.8 Å². The van der Waals surface area contributed by atoms with Gasteiger partial charge >= 0.3 is 18.1 Å². The first-order chi connectivity index (χ1) is 29.1. The van der Waals surface area contributed by atoms with Crippen LogP contribution in [0, 0.1) is 18.3 Å². The van der Waals surface area contributed by atoms with Crippen LogP contribution in [0.3, 0.4) is 0 Å². The minimum Gasteiger partial charge on any atom is -0.481 e. The molecule has 0 unspecified atom stereocenters. The van der Waals surface area contributed by atoms with E-state index >= 15 is 0 Å². The highest BCUT2D eigenvalue weighted by atomic mass is 32.2. The maximum absolute atomic E-state index is 14.3. The second-order valence-electron chi connectivity index (χ2n) is 16.2. The number of carbonyl (C=O) groups is 10. The van der Waals surface area contributed by atoms with Gasteiger partial charge in [0.25, 0.3) is 0 Å². The number of carbonyl (C=O) groups excluding carboxylic acids is 8. The molecule has 0 fully saturated rings. The summed E-state index contributed by atoms with van der Waals surface area (Å²) < 4.78 is 39.2. The molecule has 9 N–H and O–H groups in total. The van der Waals surface area contributed by atoms with Gasteiger partial charge in [0.15, 0.2) is 0 Å². The number of alkyl halides is 3. The Labute approximate surface area is 367 Å². The Kier molecular flexibility index (Phi) is 22.8. The highest BCUT2D eigenvalue weighted by molar-refractivity contribution is 7.99. The van der Waals surface area contributed by atoms with Crippen LogP contribution in [0.1, 0.15) is 84.8 Å². The molecule has 0 saturated heterocycles. The molecule has 0 bridgehead atoms. The second kappa shape index (κ2) is 26.0. The monoisotopic (exact) mass is 917 g/mol. The smallest absolute Gasteiger partial charge is 0.391 e. The first-order valence-corrected chi connectivity index (χ1v) is 20.9. The lowest BCUT2D eigenvalue weighted by Gasteiger charge is -2.34. The maximum Gasteiger partial charge on any atom is 0.391 e. The fourth-order valence-electron chi connectivity index (χ4n) is 5.74. The van der Waals surface area contributed by atoms with Crippen molar-refractivity contribution >= 4 is 71.3 Å². The van der Waals surface area contributed by atoms with Gasteiger partial charge in [-0.15, -0.1) is 11.8 Å². The van der Waals surface area contributed by atoms with Crippen molar-refractivity contribution in [1.82, 2.24) is 37.2 Å². The van der Waals surface area contributed by atoms with E-state index in [1.165, 1.54) is 6.92 Å². The molecular formula is C40H58F3N7O12S. The topological polar surface area (TPSA) is 295 Å². The van der Waals surface area contributed by atoms with Crippen molar-refractivity contribution in [3.8, 4) is 0 Å². The number of halogens is 3. The molecule has 7 amide bonds. The number of carboxylic acid groups (broad SMARTS) is 2. The lowest BCUT2D eigenvalue weighted by atomic mass is 9.85. The van der Waals surface area contributed by atoms with Crippen molar-refractivity contribution in [2.45, 2.75) is 129 Å². The number of carboxylic acids is 2. The number of aryl methyl sites for hydroxylation is 1. The van der Waals surface area contributed by atoms with E-state index in [-0.39, 0.29) is 36.7 Å². The van der Waals surface area contributed by atoms with Crippen molar-refractivity contribution in [1.29, 1.82) is 0 Å². The fraction of sp³-hybridized carbons (Fsp3) is 0.600. The van der Waals surface area contributed by atoms with Crippen molar-refractivity contribution in [2.75, 3.05) is 11.6 Å². The molecule has 0 spiro atoms. The Morgan fingerprint density at radius 1 is 0.730 bits per heavy atom. The van der Waals surface area contributed by atoms with Gasteiger partial charge in [-0.2, -0.15) is 13.2 Å². The van der Waals surface area contributed by atoms with Crippen LogP contribution in [0.2, 0.25) is 0 Å². The van der Waals surface area contributed by atoms with Crippen molar-refractivity contribution in [3.05, 3.63) is 35.4 Å². The maximum atomic E-state index is 14.3. The van der Waals surface area contributed by atoms with E-state index in [0.717, 1.165) is 11.8 Å². The summed E-state index contributed by atoms with van der Waals surface area (Å²) in [5.41, 5.74) is 0.155. The zero-order valence-corrected chi connectivity index (χ0v) is 36.9. The molecule has 19 nitrogen and oxygen atoms in total. The van der Waals surface area contributed by atoms with E-state index in [9.17, 15) is 66.2 Å². The number of amides is 7. The summed E-state index contributed by atoms with van der Waals surface area (Å²) >= 11 is 0.953. The predicted molar refractivity (Wildman–Crippen MR) is 222 cm³/mol. The molecule has 0 saturated carbocycles. The van der Waals surface area contributed by atoms with Gasteiger partial charge in [0, 0.05) is 25.5 Å². The molecule has 352 valence electrons. The molecule has 1 aromatic carbocycles. The number of hydrogen-bond donors (Lipinski definition) is 9. The van der Waals surface area contributed by atoms with Gasteiger partial charge in [0.05, 0.1) is 31.2 Å². The Balaban J connectivity index is 3.59. The van der Waals surface area contributed by atoms with E-state index in [2.05, 4.69) is 31.9 Å². The third-order valence-corrected chi connectivity index (χ3v) is 9.87. The van der Waals surface area contributed by atoms with Gasteiger partial charge in [0.2, 0.25) is 41.4 Å². The lowest BCUT2D eigenvalue weighted by Crippen LogP contribution is -2.62. The molecule has 0 aromatic heterocycles. The fourth-order valence-corrected chi connectivity index (χ4v) is 6.63. The Morgan fingerprint density at radius 3 is 1.81 bits per heavy atom. The van der Waals surface area contributed by atoms with Gasteiger partial charge in [-0.25, -0.2) is 0 Å². The van der Waals surface area contributed by atoms with Crippen LogP contribution in [-0.2, 0) is 54.4 Å². The third-order valence-electron chi connectivity index (χ3n) is 8.95. The van der Waals surface area contributed by atoms with Crippen LogP contribution in [0.4, 0.5) is 13.2 Å². The van der Waals surface area contributed by atoms with E-state index in [1.807, 2.05) is 5.32 Å². The van der Waals surface area contributed by atoms with Gasteiger partial charge in [-0.05, 0) is 35.8 Å². The van der Waals surface area contributed by atoms with Crippen LogP contribution < -0.4 is 37.2 Å². The van der Waals surface area contributed by atoms with Crippen LogP contribution in [0.25, 0.3) is 0 Å². The molecule has 0 radical (unpaired) electrons. The number of aliphatic carboxylic acids is 2. The molecule has 0 aliphatic carbocycles. The Bertz CT molecular complexity index is 1810. The lowest BCUT2D eigenvalue weighted by molar-refractivity contribution is -0.147. The first kappa shape index (κ1) is 55.3. The average molecular weight is 918 g/mol. The number of rotatable bonds is 26. The van der Waals surface area contributed by atoms with Gasteiger partial charge < -0.3 is 52.2 Å². The highest BCUT2D eigenvalue weighted by Gasteiger charge is 2.39. The number of benzene rings is 1. The van der Waals surface area contributed by atoms with E-state index in [4.69, 9.17) is 5.11 Å². The molecule has 1 aromatic rings. The Hall–Kier alpha value is -5.74. The van der Waals surface area contributed by atoms with Gasteiger partial charge in [-0.3, -0.25) is 43.2 Å². The number of hydrogen-bond acceptors (Lipinski definition) is 11. The highest BCUT2D eigenvalue weighted by Crippen LogP contribution is 2.23. The molecule has 1 rings (SSSR count). The normalized spacial score (nSPS) is 14.3. The van der Waals surface area contributed by atoms with Gasteiger partial charge in [-0.1, -0.05) is 58.9 Å². The van der Waals surface area contributed by atoms with E-state index in [0.29, 0.717) is 11.1 Å². The zero-order valence-electron chi connectivity index (χ0n) is 36.1. The summed E-state index contributed by atoms with van der Waals surface area (Å²) in [7, 11) is 0. The van der Waals surface area contributed by atoms with Crippen molar-refractivity contribution in [2.24, 2.45) is 11.3 Å². The molecule has 23 heteroatoms. The van der Waals surface area contributed by atoms with Gasteiger partial charge in [0.1, 0.15) is 36.5 Å². The first-order valence-electron chi connectivity index (χ1n) is 19.8. The largest absolute Gasteiger partial charge is 0.481 e. The molecule has 0 heterocycles. The van der Waals surface area contributed by atoms with E-state index < -0.39 is 127 Å². The summed E-state index contributed by atoms with van der Waals surface area (Å²) in [5.74, 6) is -9.92. The van der Waals surface area contributed by atoms with Crippen LogP contribution in [0.5, 0.6) is 0 Å². The summed E-state index contributed by atoms with van der Waals surface area (Å²) in [6.07, 6.45) is -8.94. The molecule has 0 aliphatic rings. The SMILES string of the molecule is CC(=O)NCSC[C@H](NC(=O)[C@H](CC(=O)O)NC(=O)CCC(=O)O)C(=O)N[C@@H](Cc1ccccc1C)C(=O)N[C@H](C(=O)N[C@@H](CC(C)C)C(=O)N[C@H](C=O)CC(F)(F)F)C(C)(C)C. The van der Waals surface area contributed by atoms with E-state index in [1.54, 1.807) is 65.8 Å². The summed E-state index contributed by atoms with van der Waals surface area (Å²) in [6.45, 7) is 11.0. The van der Waals surface area contributed by atoms with Crippen molar-refractivity contribution in [3.63, 3.8) is 0 Å². The molecular weight excluding hydrogens is 860 g/mol. The number of thioether (sulfide) groups is 1. The average Bonchev–Trinajstić information content (AvgIpc) is 3.15. The zero-order chi connectivity index (χ0) is 48.2. The number of nitrogens with one attached hydrogen (secondary N) is 7. The predicted octanol–water partition coefficient (Wildman–Crippen LogP) is 0.856. The van der Waals surface area contributed by atoms with Crippen LogP contribution in [0.15, 0.2) is 24.3 Å². The Morgan fingerprint density at radius 2 is 1.29 bits per heavy atom. The molecule has 6 atom stereocenters. The quantitative estimate of drug-likeness (QED) is 0.0355. The van der Waals surface area contributed by atoms with Crippen molar-refractivity contribution < 1.29 is 71.3 Å². The van der Waals surface area contributed by atoms with Crippen LogP contribution in [-0.4, -0.2) is 124 Å². The third kappa shape index (κ3) is 22.3. The standard InChI is InChI=1S/C40H58F3N7O12S/c1-21(2)14-26(34(58)45-25(18-51)17-40(41,42)43)48-38(62)33(39(5,6)7)50-36(60)27(15-24-11-9-8-10-22(24)3)47-37(61)29(19-63-20-44-23(4)52)49-35(59)28(16-32(56)57)46-30(53)12-13-31(54)55/h8-11,18,21,25-29,33H,12-17,19-20H2,1-7H3,(H,44,52)(H,45,58)(H,46,53)(H,47,61)(H,48,62)(H,49,59)(H,50,60)(H,54,55)(H,56,57)/t25-,26-,27-,28-,29-,33+/m0/s1. The summed E-state index contributed by atoms with van der Waals surface area (Å²) in [6, 6.07) is -2.85. The second-order valence-corrected chi connectivity index (χ2v) is 17.2. The summed E-state index contributed by atoms with van der Waals surface area (Å²) in [5, 5.41) is 35.1. The minimum absolute atomic E-state index is 0.0527. The molecule has 0 aliphatic heterocycles. The number of aldehydes is 1. The summed E-state index contributed by atoms with van der Waals surface area (Å²) in [4.78, 5) is 127. The molecule has 63 heavy (non-hydrogen) atoms. The minimum atomic E-state index is -4.79.